The van der Waals surface area contributed by atoms with Crippen molar-refractivity contribution in [1.82, 2.24) is 4.98 Å². The second kappa shape index (κ2) is 6.45. The highest BCUT2D eigenvalue weighted by Gasteiger charge is 2.31. The maximum absolute atomic E-state index is 12.5. The Morgan fingerprint density at radius 3 is 2.57 bits per heavy atom. The summed E-state index contributed by atoms with van der Waals surface area (Å²) >= 11 is 0. The number of rotatable bonds is 3. The fourth-order valence-electron chi connectivity index (χ4n) is 2.77. The van der Waals surface area contributed by atoms with Crippen LogP contribution in [0.2, 0.25) is 0 Å². The van der Waals surface area contributed by atoms with Crippen LogP contribution in [0.1, 0.15) is 10.5 Å². The molecule has 2 N–H and O–H groups in total. The Morgan fingerprint density at radius 1 is 1.00 bits per heavy atom. The van der Waals surface area contributed by atoms with Gasteiger partial charge in [0, 0.05) is 34.1 Å². The second-order valence-corrected chi connectivity index (χ2v) is 5.94. The number of carbonyl (C=O) groups is 1. The van der Waals surface area contributed by atoms with E-state index in [4.69, 9.17) is 4.42 Å². The predicted octanol–water partition coefficient (Wildman–Crippen LogP) is 4.43. The molecule has 0 saturated carbocycles. The first-order valence-corrected chi connectivity index (χ1v) is 8.01. The van der Waals surface area contributed by atoms with Crippen LogP contribution in [0.25, 0.3) is 21.9 Å². The summed E-state index contributed by atoms with van der Waals surface area (Å²) in [5.41, 5.74) is 0.863. The summed E-state index contributed by atoms with van der Waals surface area (Å²) in [6.07, 6.45) is -4.80. The van der Waals surface area contributed by atoms with E-state index in [1.807, 2.05) is 0 Å². The fourth-order valence-corrected chi connectivity index (χ4v) is 2.77. The zero-order chi connectivity index (χ0) is 19.9. The molecule has 1 amide bonds. The van der Waals surface area contributed by atoms with Crippen molar-refractivity contribution >= 4 is 33.5 Å². The summed E-state index contributed by atoms with van der Waals surface area (Å²) in [5.74, 6) is -0.865. The Balaban J connectivity index is 1.58. The number of aromatic amines is 1. The van der Waals surface area contributed by atoms with Crippen LogP contribution in [0.4, 0.5) is 18.9 Å². The number of carbonyl (C=O) groups excluding carboxylic acids is 1. The molecule has 2 aromatic heterocycles. The van der Waals surface area contributed by atoms with Gasteiger partial charge in [-0.15, -0.1) is 13.2 Å². The molecule has 0 radical (unpaired) electrons. The Morgan fingerprint density at radius 2 is 1.79 bits per heavy atom. The lowest BCUT2D eigenvalue weighted by Crippen LogP contribution is -2.16. The Bertz CT molecular complexity index is 1260. The lowest BCUT2D eigenvalue weighted by molar-refractivity contribution is -0.274. The van der Waals surface area contributed by atoms with Gasteiger partial charge in [-0.3, -0.25) is 4.79 Å². The lowest BCUT2D eigenvalue weighted by atomic mass is 10.2. The number of nitrogens with one attached hydrogen (secondary N) is 2. The lowest BCUT2D eigenvalue weighted by Gasteiger charge is -2.08. The molecule has 2 heterocycles. The van der Waals surface area contributed by atoms with Gasteiger partial charge in [0.05, 0.1) is 0 Å². The number of amides is 1. The van der Waals surface area contributed by atoms with Crippen molar-refractivity contribution in [3.05, 3.63) is 70.7 Å². The van der Waals surface area contributed by atoms with E-state index in [1.54, 1.807) is 24.3 Å². The van der Waals surface area contributed by atoms with E-state index in [0.29, 0.717) is 27.6 Å². The maximum atomic E-state index is 12.5. The first-order chi connectivity index (χ1) is 13.3. The number of hydrogen-bond acceptors (Lipinski definition) is 4. The minimum absolute atomic E-state index is 0.166. The maximum Gasteiger partial charge on any atom is 0.573 e. The average molecular weight is 388 g/mol. The van der Waals surface area contributed by atoms with Gasteiger partial charge in [0.25, 0.3) is 5.91 Å². The zero-order valence-corrected chi connectivity index (χ0v) is 14.0. The van der Waals surface area contributed by atoms with Gasteiger partial charge in [0.2, 0.25) is 0 Å². The largest absolute Gasteiger partial charge is 0.573 e. The number of H-pyrrole nitrogens is 1. The third-order valence-corrected chi connectivity index (χ3v) is 3.95. The Labute approximate surface area is 154 Å². The number of fused-ring (bicyclic) bond motifs is 2. The van der Waals surface area contributed by atoms with Crippen LogP contribution in [0, 0.1) is 0 Å². The summed E-state index contributed by atoms with van der Waals surface area (Å²) in [5, 5.41) is 3.86. The number of hydrogen-bond donors (Lipinski definition) is 2. The minimum Gasteiger partial charge on any atom is -0.423 e. The summed E-state index contributed by atoms with van der Waals surface area (Å²) in [6, 6.07) is 12.9. The van der Waals surface area contributed by atoms with Gasteiger partial charge in [-0.25, -0.2) is 4.79 Å². The molecule has 28 heavy (non-hydrogen) atoms. The molecule has 9 heteroatoms. The van der Waals surface area contributed by atoms with Crippen LogP contribution >= 0.6 is 0 Å². The van der Waals surface area contributed by atoms with Crippen molar-refractivity contribution in [1.29, 1.82) is 0 Å². The van der Waals surface area contributed by atoms with Gasteiger partial charge in [0.15, 0.2) is 0 Å². The topological polar surface area (TPSA) is 84.3 Å². The third-order valence-electron chi connectivity index (χ3n) is 3.95. The minimum atomic E-state index is -4.80. The Hall–Kier alpha value is -3.75. The van der Waals surface area contributed by atoms with E-state index < -0.39 is 17.9 Å². The van der Waals surface area contributed by atoms with Crippen molar-refractivity contribution in [2.45, 2.75) is 6.36 Å². The summed E-state index contributed by atoms with van der Waals surface area (Å²) in [7, 11) is 0. The van der Waals surface area contributed by atoms with Crippen LogP contribution in [-0.4, -0.2) is 17.3 Å². The van der Waals surface area contributed by atoms with Gasteiger partial charge in [-0.2, -0.15) is 0 Å². The molecule has 0 saturated heterocycles. The molecule has 0 aliphatic heterocycles. The van der Waals surface area contributed by atoms with Crippen LogP contribution in [0.3, 0.4) is 0 Å². The monoisotopic (exact) mass is 388 g/mol. The molecule has 0 bridgehead atoms. The highest BCUT2D eigenvalue weighted by Crippen LogP contribution is 2.27. The number of benzene rings is 2. The quantitative estimate of drug-likeness (QED) is 0.509. The van der Waals surface area contributed by atoms with Gasteiger partial charge in [-0.1, -0.05) is 0 Å². The molecule has 6 nitrogen and oxygen atoms in total. The summed E-state index contributed by atoms with van der Waals surface area (Å²) < 4.78 is 45.9. The Kier molecular flexibility index (Phi) is 4.07. The van der Waals surface area contributed by atoms with E-state index in [1.165, 1.54) is 24.3 Å². The molecule has 2 aromatic carbocycles. The van der Waals surface area contributed by atoms with E-state index >= 15 is 0 Å². The van der Waals surface area contributed by atoms with Crippen molar-refractivity contribution in [3.63, 3.8) is 0 Å². The van der Waals surface area contributed by atoms with Crippen LogP contribution in [0.5, 0.6) is 5.75 Å². The van der Waals surface area contributed by atoms with Gasteiger partial charge < -0.3 is 19.5 Å². The number of ether oxygens (including phenoxy) is 1. The predicted molar refractivity (Wildman–Crippen MR) is 95.4 cm³/mol. The average Bonchev–Trinajstić information content (AvgIpc) is 3.04. The van der Waals surface area contributed by atoms with Crippen molar-refractivity contribution in [2.75, 3.05) is 5.32 Å². The normalized spacial score (nSPS) is 11.7. The fraction of sp³-hybridized carbons (Fsp3) is 0.0526. The smallest absolute Gasteiger partial charge is 0.423 e. The van der Waals surface area contributed by atoms with Crippen LogP contribution in [0.15, 0.2) is 63.8 Å². The van der Waals surface area contributed by atoms with Gasteiger partial charge in [-0.05, 0) is 42.5 Å². The van der Waals surface area contributed by atoms with Crippen LogP contribution in [-0.2, 0) is 0 Å². The SMILES string of the molecule is O=C(Nc1ccc2oc(=O)ccc2c1)c1cc2ccc(OC(F)(F)F)cc2[nH]1. The summed E-state index contributed by atoms with van der Waals surface area (Å²) in [6.45, 7) is 0. The van der Waals surface area contributed by atoms with Gasteiger partial charge >= 0.3 is 12.0 Å². The van der Waals surface area contributed by atoms with Crippen molar-refractivity contribution in [2.24, 2.45) is 0 Å². The highest BCUT2D eigenvalue weighted by atomic mass is 19.4. The summed E-state index contributed by atoms with van der Waals surface area (Å²) in [4.78, 5) is 26.4. The molecule has 0 fully saturated rings. The zero-order valence-electron chi connectivity index (χ0n) is 14.0. The van der Waals surface area contributed by atoms with Crippen molar-refractivity contribution < 1.29 is 27.1 Å². The number of alkyl halides is 3. The molecule has 4 aromatic rings. The molecular weight excluding hydrogens is 377 g/mol. The second-order valence-electron chi connectivity index (χ2n) is 5.94. The molecule has 0 aliphatic rings. The van der Waals surface area contributed by atoms with Crippen molar-refractivity contribution in [3.8, 4) is 5.75 Å². The molecule has 0 aliphatic carbocycles. The molecule has 0 spiro atoms. The third kappa shape index (κ3) is 3.68. The molecule has 0 atom stereocenters. The molecular formula is C19H11F3N2O4. The first-order valence-electron chi connectivity index (χ1n) is 8.01. The van der Waals surface area contributed by atoms with E-state index in [0.717, 1.165) is 6.07 Å². The van der Waals surface area contributed by atoms with E-state index in [2.05, 4.69) is 15.0 Å². The molecule has 142 valence electrons. The van der Waals surface area contributed by atoms with Crippen LogP contribution < -0.4 is 15.7 Å². The first kappa shape index (κ1) is 17.7. The van der Waals surface area contributed by atoms with E-state index in [-0.39, 0.29) is 11.4 Å². The van der Waals surface area contributed by atoms with E-state index in [9.17, 15) is 22.8 Å². The highest BCUT2D eigenvalue weighted by molar-refractivity contribution is 6.06. The standard InChI is InChI=1S/C19H11F3N2O4/c20-19(21,22)28-13-4-1-10-8-15(24-14(10)9-13)18(26)23-12-3-5-16-11(7-12)2-6-17(25)27-16/h1-9,24H,(H,23,26). The van der Waals surface area contributed by atoms with Gasteiger partial charge in [0.1, 0.15) is 17.0 Å². The molecule has 0 unspecified atom stereocenters. The number of aromatic nitrogens is 1. The number of anilines is 1. The molecule has 4 rings (SSSR count). The number of halogens is 3.